The lowest BCUT2D eigenvalue weighted by atomic mass is 10.2. The van der Waals surface area contributed by atoms with E-state index in [2.05, 4.69) is 27.5 Å². The molecule has 0 bridgehead atoms. The summed E-state index contributed by atoms with van der Waals surface area (Å²) in [5.74, 6) is 1.10. The number of anilines is 2. The molecule has 0 aliphatic heterocycles. The van der Waals surface area contributed by atoms with Crippen molar-refractivity contribution in [2.75, 3.05) is 17.2 Å². The van der Waals surface area contributed by atoms with Crippen LogP contribution < -0.4 is 10.6 Å². The van der Waals surface area contributed by atoms with E-state index < -0.39 is 0 Å². The van der Waals surface area contributed by atoms with Crippen LogP contribution in [0.3, 0.4) is 0 Å². The number of pyridine rings is 2. The molecule has 2 N–H and O–H groups in total. The van der Waals surface area contributed by atoms with E-state index in [0.29, 0.717) is 11.4 Å². The van der Waals surface area contributed by atoms with Crippen molar-refractivity contribution in [3.63, 3.8) is 0 Å². The summed E-state index contributed by atoms with van der Waals surface area (Å²) in [6, 6.07) is 8.99. The fraction of sp³-hybridized carbons (Fsp3) is 0.312. The zero-order valence-electron chi connectivity index (χ0n) is 12.4. The van der Waals surface area contributed by atoms with Gasteiger partial charge in [0, 0.05) is 24.0 Å². The number of nitrogens with zero attached hydrogens (tertiary/aromatic N) is 2. The van der Waals surface area contributed by atoms with Gasteiger partial charge in [0.25, 0.3) is 5.91 Å². The summed E-state index contributed by atoms with van der Waals surface area (Å²) >= 11 is 0. The maximum Gasteiger partial charge on any atom is 0.257 e. The molecule has 0 aromatic carbocycles. The molecule has 2 aromatic rings. The topological polar surface area (TPSA) is 66.9 Å². The van der Waals surface area contributed by atoms with Crippen molar-refractivity contribution in [1.29, 1.82) is 0 Å². The zero-order valence-corrected chi connectivity index (χ0v) is 12.4. The Hall–Kier alpha value is -2.43. The van der Waals surface area contributed by atoms with Crippen molar-refractivity contribution in [2.45, 2.75) is 26.7 Å². The van der Waals surface area contributed by atoms with Crippen molar-refractivity contribution >= 4 is 17.5 Å². The Morgan fingerprint density at radius 1 is 1.19 bits per heavy atom. The molecule has 5 nitrogen and oxygen atoms in total. The van der Waals surface area contributed by atoms with Crippen LogP contribution in [0.2, 0.25) is 0 Å². The van der Waals surface area contributed by atoms with E-state index in [-0.39, 0.29) is 5.91 Å². The minimum atomic E-state index is -0.176. The summed E-state index contributed by atoms with van der Waals surface area (Å²) in [6.45, 7) is 4.94. The molecule has 0 aliphatic carbocycles. The fourth-order valence-corrected chi connectivity index (χ4v) is 1.87. The third kappa shape index (κ3) is 4.27. The van der Waals surface area contributed by atoms with Crippen LogP contribution in [-0.4, -0.2) is 22.4 Å². The predicted molar refractivity (Wildman–Crippen MR) is 84.6 cm³/mol. The highest BCUT2D eigenvalue weighted by Gasteiger charge is 2.10. The van der Waals surface area contributed by atoms with Gasteiger partial charge < -0.3 is 10.6 Å². The lowest BCUT2D eigenvalue weighted by Gasteiger charge is -2.09. The van der Waals surface area contributed by atoms with Gasteiger partial charge in [-0.1, -0.05) is 19.9 Å². The molecule has 110 valence electrons. The predicted octanol–water partition coefficient (Wildman–Crippen LogP) is 3.11. The van der Waals surface area contributed by atoms with Crippen molar-refractivity contribution in [2.24, 2.45) is 0 Å². The van der Waals surface area contributed by atoms with Crippen molar-refractivity contribution in [1.82, 2.24) is 9.97 Å². The van der Waals surface area contributed by atoms with Crippen LogP contribution in [0.15, 0.2) is 36.5 Å². The minimum absolute atomic E-state index is 0.176. The minimum Gasteiger partial charge on any atom is -0.370 e. The van der Waals surface area contributed by atoms with E-state index in [1.807, 2.05) is 25.1 Å². The van der Waals surface area contributed by atoms with E-state index in [1.54, 1.807) is 18.3 Å². The Balaban J connectivity index is 2.19. The highest BCUT2D eigenvalue weighted by molar-refractivity contribution is 6.04. The second-order valence-electron chi connectivity index (χ2n) is 4.68. The van der Waals surface area contributed by atoms with Gasteiger partial charge in [0.05, 0.1) is 0 Å². The van der Waals surface area contributed by atoms with Gasteiger partial charge in [-0.25, -0.2) is 9.97 Å². The van der Waals surface area contributed by atoms with Gasteiger partial charge in [-0.15, -0.1) is 0 Å². The Labute approximate surface area is 124 Å². The van der Waals surface area contributed by atoms with Crippen molar-refractivity contribution in [3.8, 4) is 0 Å². The number of nitrogens with one attached hydrogen (secondary N) is 2. The zero-order chi connectivity index (χ0) is 15.1. The quantitative estimate of drug-likeness (QED) is 0.855. The van der Waals surface area contributed by atoms with Crippen molar-refractivity contribution < 1.29 is 4.79 Å². The number of hydrogen-bond acceptors (Lipinski definition) is 4. The standard InChI is InChI=1S/C16H20N4O/c1-3-8-17-15-11-12(10-13(4-2)19-15)16(21)20-14-7-5-6-9-18-14/h5-7,9-11H,3-4,8H2,1-2H3,(H,17,19)(H,18,20,21). The van der Waals surface area contributed by atoms with E-state index in [4.69, 9.17) is 0 Å². The Bertz CT molecular complexity index is 598. The molecule has 0 radical (unpaired) electrons. The van der Waals surface area contributed by atoms with Gasteiger partial charge in [-0.05, 0) is 37.1 Å². The second kappa shape index (κ2) is 7.38. The first-order chi connectivity index (χ1) is 10.2. The second-order valence-corrected chi connectivity index (χ2v) is 4.68. The lowest BCUT2D eigenvalue weighted by Crippen LogP contribution is -2.14. The van der Waals surface area contributed by atoms with Gasteiger partial charge in [0.15, 0.2) is 0 Å². The summed E-state index contributed by atoms with van der Waals surface area (Å²) < 4.78 is 0. The first-order valence-electron chi connectivity index (χ1n) is 7.20. The normalized spacial score (nSPS) is 10.2. The molecule has 0 aliphatic rings. The molecule has 21 heavy (non-hydrogen) atoms. The molecule has 2 heterocycles. The van der Waals surface area contributed by atoms with Crippen LogP contribution in [0.5, 0.6) is 0 Å². The van der Waals surface area contributed by atoms with E-state index in [0.717, 1.165) is 30.9 Å². The smallest absolute Gasteiger partial charge is 0.257 e. The van der Waals surface area contributed by atoms with Gasteiger partial charge in [-0.2, -0.15) is 0 Å². The molecule has 0 unspecified atom stereocenters. The van der Waals surface area contributed by atoms with Crippen LogP contribution in [0, 0.1) is 0 Å². The molecule has 0 fully saturated rings. The maximum atomic E-state index is 12.3. The van der Waals surface area contributed by atoms with E-state index in [1.165, 1.54) is 0 Å². The summed E-state index contributed by atoms with van der Waals surface area (Å²) in [5, 5.41) is 6.01. The van der Waals surface area contributed by atoms with Gasteiger partial charge in [0.1, 0.15) is 11.6 Å². The lowest BCUT2D eigenvalue weighted by molar-refractivity contribution is 0.102. The summed E-state index contributed by atoms with van der Waals surface area (Å²) in [6.07, 6.45) is 3.44. The monoisotopic (exact) mass is 284 g/mol. The number of hydrogen-bond donors (Lipinski definition) is 2. The van der Waals surface area contributed by atoms with Crippen LogP contribution in [0.4, 0.5) is 11.6 Å². The van der Waals surface area contributed by atoms with E-state index in [9.17, 15) is 4.79 Å². The average Bonchev–Trinajstić information content (AvgIpc) is 2.53. The highest BCUT2D eigenvalue weighted by atomic mass is 16.1. The molecule has 1 amide bonds. The molecule has 2 rings (SSSR count). The third-order valence-electron chi connectivity index (χ3n) is 2.97. The molecular weight excluding hydrogens is 264 g/mol. The van der Waals surface area contributed by atoms with Crippen LogP contribution >= 0.6 is 0 Å². The van der Waals surface area contributed by atoms with Crippen LogP contribution in [0.25, 0.3) is 0 Å². The number of rotatable bonds is 6. The van der Waals surface area contributed by atoms with Gasteiger partial charge in [0.2, 0.25) is 0 Å². The highest BCUT2D eigenvalue weighted by Crippen LogP contribution is 2.13. The van der Waals surface area contributed by atoms with Gasteiger partial charge >= 0.3 is 0 Å². The number of carbonyl (C=O) groups excluding carboxylic acids is 1. The van der Waals surface area contributed by atoms with Crippen LogP contribution in [0.1, 0.15) is 36.3 Å². The SMILES string of the molecule is CCCNc1cc(C(=O)Nc2ccccn2)cc(CC)n1. The first-order valence-corrected chi connectivity index (χ1v) is 7.20. The largest absolute Gasteiger partial charge is 0.370 e. The molecular formula is C16H20N4O. The van der Waals surface area contributed by atoms with E-state index >= 15 is 0 Å². The number of amides is 1. The fourth-order valence-electron chi connectivity index (χ4n) is 1.87. The molecule has 5 heteroatoms. The summed E-state index contributed by atoms with van der Waals surface area (Å²) in [4.78, 5) is 20.9. The summed E-state index contributed by atoms with van der Waals surface area (Å²) in [5.41, 5.74) is 1.48. The molecule has 2 aromatic heterocycles. The molecule has 0 atom stereocenters. The molecule has 0 spiro atoms. The maximum absolute atomic E-state index is 12.3. The number of aryl methyl sites for hydroxylation is 1. The Morgan fingerprint density at radius 3 is 2.71 bits per heavy atom. The number of aromatic nitrogens is 2. The average molecular weight is 284 g/mol. The molecule has 0 saturated carbocycles. The Kier molecular flexibility index (Phi) is 5.26. The Morgan fingerprint density at radius 2 is 2.05 bits per heavy atom. The van der Waals surface area contributed by atoms with Crippen LogP contribution in [-0.2, 0) is 6.42 Å². The first kappa shape index (κ1) is 15.0. The van der Waals surface area contributed by atoms with Gasteiger partial charge in [-0.3, -0.25) is 4.79 Å². The third-order valence-corrected chi connectivity index (χ3v) is 2.97. The molecule has 0 saturated heterocycles. The summed E-state index contributed by atoms with van der Waals surface area (Å²) in [7, 11) is 0. The number of carbonyl (C=O) groups is 1. The van der Waals surface area contributed by atoms with Crippen molar-refractivity contribution in [3.05, 3.63) is 47.8 Å².